The van der Waals surface area contributed by atoms with Gasteiger partial charge in [-0.05, 0) is 53.5 Å². The fraction of sp³-hybridized carbons (Fsp3) is 0.308. The lowest BCUT2D eigenvalue weighted by Crippen LogP contribution is -2.31. The van der Waals surface area contributed by atoms with Crippen molar-refractivity contribution in [1.29, 1.82) is 0 Å². The summed E-state index contributed by atoms with van der Waals surface area (Å²) in [5.41, 5.74) is 4.93. The van der Waals surface area contributed by atoms with Crippen LogP contribution in [0.25, 0.3) is 0 Å². The van der Waals surface area contributed by atoms with Crippen molar-refractivity contribution in [3.05, 3.63) is 49.1 Å². The van der Waals surface area contributed by atoms with E-state index in [-0.39, 0.29) is 12.1 Å². The molecule has 0 bridgehead atoms. The third-order valence-electron chi connectivity index (χ3n) is 2.99. The number of nitrogens with two attached hydrogens (primary N) is 1. The highest BCUT2D eigenvalue weighted by molar-refractivity contribution is 9.11. The van der Waals surface area contributed by atoms with Crippen LogP contribution >= 0.6 is 47.8 Å². The van der Waals surface area contributed by atoms with Crippen molar-refractivity contribution in [2.75, 3.05) is 0 Å². The van der Waals surface area contributed by atoms with Crippen LogP contribution in [0.15, 0.2) is 37.8 Å². The largest absolute Gasteiger partial charge is 0.271 e. The summed E-state index contributed by atoms with van der Waals surface area (Å²) in [4.78, 5) is 0. The molecule has 0 amide bonds. The maximum Gasteiger partial charge on any atom is 0.0901 e. The van der Waals surface area contributed by atoms with E-state index in [4.69, 9.17) is 5.84 Å². The maximum absolute atomic E-state index is 5.80. The first kappa shape index (κ1) is 16.2. The molecule has 0 aliphatic carbocycles. The highest BCUT2D eigenvalue weighted by Gasteiger charge is 2.24. The van der Waals surface area contributed by atoms with Gasteiger partial charge in [0.1, 0.15) is 0 Å². The maximum atomic E-state index is 5.80. The van der Waals surface area contributed by atoms with E-state index < -0.39 is 0 Å². The van der Waals surface area contributed by atoms with Crippen molar-refractivity contribution in [2.24, 2.45) is 5.84 Å². The number of nitrogens with one attached hydrogen (secondary N) is 1. The van der Waals surface area contributed by atoms with Gasteiger partial charge in [0.05, 0.1) is 22.4 Å². The Morgan fingerprint density at radius 2 is 1.90 bits per heavy atom. The van der Waals surface area contributed by atoms with E-state index in [2.05, 4.69) is 72.2 Å². The Bertz CT molecular complexity index is 610. The number of rotatable bonds is 4. The standard InChI is InChI=1S/C13H15Br3N4/c1-7(2)20-13(11(16)6-18-20)12(19-17)9-5-8(14)3-4-10(9)15/h3-7,12,19H,17H2,1-2H3. The molecule has 1 aromatic heterocycles. The molecule has 0 saturated heterocycles. The molecule has 0 fully saturated rings. The molecule has 7 heteroatoms. The van der Waals surface area contributed by atoms with E-state index in [1.165, 1.54) is 0 Å². The summed E-state index contributed by atoms with van der Waals surface area (Å²) in [6.07, 6.45) is 1.80. The van der Waals surface area contributed by atoms with Gasteiger partial charge < -0.3 is 0 Å². The SMILES string of the molecule is CC(C)n1ncc(Br)c1C(NN)c1cc(Br)ccc1Br. The highest BCUT2D eigenvalue weighted by atomic mass is 79.9. The van der Waals surface area contributed by atoms with Gasteiger partial charge in [-0.15, -0.1) is 0 Å². The van der Waals surface area contributed by atoms with Gasteiger partial charge in [-0.1, -0.05) is 31.9 Å². The summed E-state index contributed by atoms with van der Waals surface area (Å²) >= 11 is 10.6. The Morgan fingerprint density at radius 1 is 1.20 bits per heavy atom. The van der Waals surface area contributed by atoms with E-state index in [1.807, 2.05) is 22.9 Å². The number of halogens is 3. The van der Waals surface area contributed by atoms with Crippen molar-refractivity contribution in [3.8, 4) is 0 Å². The molecule has 0 aliphatic rings. The van der Waals surface area contributed by atoms with Gasteiger partial charge in [-0.2, -0.15) is 5.10 Å². The molecule has 1 atom stereocenters. The second-order valence-corrected chi connectivity index (χ2v) is 7.31. The fourth-order valence-corrected chi connectivity index (χ4v) is 3.44. The smallest absolute Gasteiger partial charge is 0.0901 e. The Kier molecular flexibility index (Phi) is 5.42. The molecule has 108 valence electrons. The van der Waals surface area contributed by atoms with Crippen LogP contribution in [-0.2, 0) is 0 Å². The van der Waals surface area contributed by atoms with Crippen LogP contribution in [-0.4, -0.2) is 9.78 Å². The molecule has 4 nitrogen and oxygen atoms in total. The highest BCUT2D eigenvalue weighted by Crippen LogP contribution is 2.34. The monoisotopic (exact) mass is 464 g/mol. The summed E-state index contributed by atoms with van der Waals surface area (Å²) in [6.45, 7) is 4.18. The van der Waals surface area contributed by atoms with Gasteiger partial charge in [0.15, 0.2) is 0 Å². The molecule has 2 aromatic rings. The van der Waals surface area contributed by atoms with Gasteiger partial charge in [-0.3, -0.25) is 10.5 Å². The molecule has 0 aliphatic heterocycles. The zero-order valence-corrected chi connectivity index (χ0v) is 15.8. The second-order valence-electron chi connectivity index (χ2n) is 4.68. The number of aromatic nitrogens is 2. The molecule has 0 radical (unpaired) electrons. The molecule has 20 heavy (non-hydrogen) atoms. The molecule has 0 spiro atoms. The summed E-state index contributed by atoms with van der Waals surface area (Å²) in [5, 5.41) is 4.41. The predicted molar refractivity (Wildman–Crippen MR) is 91.3 cm³/mol. The van der Waals surface area contributed by atoms with Gasteiger partial charge >= 0.3 is 0 Å². The lowest BCUT2D eigenvalue weighted by Gasteiger charge is -2.22. The Balaban J connectivity index is 2.58. The molecule has 1 heterocycles. The van der Waals surface area contributed by atoms with Gasteiger partial charge in [0.2, 0.25) is 0 Å². The number of benzene rings is 1. The summed E-state index contributed by atoms with van der Waals surface area (Å²) in [7, 11) is 0. The second kappa shape index (κ2) is 6.70. The van der Waals surface area contributed by atoms with Crippen LogP contribution in [0.5, 0.6) is 0 Å². The lowest BCUT2D eigenvalue weighted by atomic mass is 10.0. The fourth-order valence-electron chi connectivity index (χ4n) is 2.08. The topological polar surface area (TPSA) is 55.9 Å². The first-order chi connectivity index (χ1) is 9.45. The van der Waals surface area contributed by atoms with Crippen LogP contribution in [0.3, 0.4) is 0 Å². The Hall–Kier alpha value is -0.210. The van der Waals surface area contributed by atoms with Crippen LogP contribution < -0.4 is 11.3 Å². The molecule has 3 N–H and O–H groups in total. The number of hydrogen-bond donors (Lipinski definition) is 2. The lowest BCUT2D eigenvalue weighted by molar-refractivity contribution is 0.475. The average molecular weight is 467 g/mol. The average Bonchev–Trinajstić information content (AvgIpc) is 2.77. The minimum atomic E-state index is -0.166. The zero-order valence-electron chi connectivity index (χ0n) is 11.1. The van der Waals surface area contributed by atoms with Gasteiger partial charge in [0, 0.05) is 15.0 Å². The third kappa shape index (κ3) is 3.17. The summed E-state index contributed by atoms with van der Waals surface area (Å²) < 4.78 is 4.89. The van der Waals surface area contributed by atoms with Crippen molar-refractivity contribution in [3.63, 3.8) is 0 Å². The van der Waals surface area contributed by atoms with Gasteiger partial charge in [0.25, 0.3) is 0 Å². The van der Waals surface area contributed by atoms with Crippen molar-refractivity contribution >= 4 is 47.8 Å². The molecule has 0 saturated carbocycles. The summed E-state index contributed by atoms with van der Waals surface area (Å²) in [6, 6.07) is 6.10. The molecule has 1 aromatic carbocycles. The Morgan fingerprint density at radius 3 is 2.50 bits per heavy atom. The zero-order chi connectivity index (χ0) is 14.9. The van der Waals surface area contributed by atoms with E-state index in [0.717, 1.165) is 24.7 Å². The normalized spacial score (nSPS) is 12.9. The van der Waals surface area contributed by atoms with Crippen molar-refractivity contribution in [2.45, 2.75) is 25.9 Å². The first-order valence-corrected chi connectivity index (χ1v) is 8.47. The summed E-state index contributed by atoms with van der Waals surface area (Å²) in [5.74, 6) is 5.80. The Labute approximate surface area is 143 Å². The molecular formula is C13H15Br3N4. The van der Waals surface area contributed by atoms with E-state index in [0.29, 0.717) is 0 Å². The van der Waals surface area contributed by atoms with Crippen LogP contribution in [0, 0.1) is 0 Å². The van der Waals surface area contributed by atoms with Crippen LogP contribution in [0.1, 0.15) is 37.2 Å². The molecular weight excluding hydrogens is 452 g/mol. The molecule has 1 unspecified atom stereocenters. The van der Waals surface area contributed by atoms with E-state index in [9.17, 15) is 0 Å². The number of hydrazine groups is 1. The van der Waals surface area contributed by atoms with E-state index >= 15 is 0 Å². The minimum absolute atomic E-state index is 0.166. The molecule has 2 rings (SSSR count). The van der Waals surface area contributed by atoms with Crippen molar-refractivity contribution in [1.82, 2.24) is 15.2 Å². The van der Waals surface area contributed by atoms with Crippen LogP contribution in [0.4, 0.5) is 0 Å². The minimum Gasteiger partial charge on any atom is -0.271 e. The van der Waals surface area contributed by atoms with Gasteiger partial charge in [-0.25, -0.2) is 5.43 Å². The quantitative estimate of drug-likeness (QED) is 0.521. The van der Waals surface area contributed by atoms with Crippen LogP contribution in [0.2, 0.25) is 0 Å². The third-order valence-corrected chi connectivity index (χ3v) is 4.81. The number of hydrogen-bond acceptors (Lipinski definition) is 3. The van der Waals surface area contributed by atoms with E-state index in [1.54, 1.807) is 6.20 Å². The first-order valence-electron chi connectivity index (χ1n) is 6.09. The van der Waals surface area contributed by atoms with Crippen molar-refractivity contribution < 1.29 is 0 Å². The number of nitrogens with zero attached hydrogens (tertiary/aromatic N) is 2. The predicted octanol–water partition coefficient (Wildman–Crippen LogP) is 4.30.